The number of nitrogens with two attached hydrogens (primary N) is 1. The maximum absolute atomic E-state index is 5.62. The molecule has 0 amide bonds. The summed E-state index contributed by atoms with van der Waals surface area (Å²) in [5.74, 6) is 0.918. The lowest BCUT2D eigenvalue weighted by Crippen LogP contribution is -2.06. The number of nitrogens with one attached hydrogen (secondary N) is 1. The van der Waals surface area contributed by atoms with Gasteiger partial charge in [-0.1, -0.05) is 0 Å². The second-order valence-corrected chi connectivity index (χ2v) is 3.56. The summed E-state index contributed by atoms with van der Waals surface area (Å²) in [6.07, 6.45) is 3.82. The standard InChI is InChI=1S/C11H19N3O/c1-9-7-10(12)8-14-11(9)13-5-3-4-6-15-2/h7-8H,3-6,12H2,1-2H3,(H,13,14). The van der Waals surface area contributed by atoms with E-state index < -0.39 is 0 Å². The number of ether oxygens (including phenoxy) is 1. The van der Waals surface area contributed by atoms with Crippen LogP contribution in [0.5, 0.6) is 0 Å². The van der Waals surface area contributed by atoms with Gasteiger partial charge >= 0.3 is 0 Å². The number of anilines is 2. The molecule has 0 saturated heterocycles. The smallest absolute Gasteiger partial charge is 0.128 e. The number of hydrogen-bond donors (Lipinski definition) is 2. The number of aryl methyl sites for hydroxylation is 1. The van der Waals surface area contributed by atoms with Gasteiger partial charge in [-0.25, -0.2) is 4.98 Å². The lowest BCUT2D eigenvalue weighted by Gasteiger charge is -2.08. The first-order valence-electron chi connectivity index (χ1n) is 5.19. The van der Waals surface area contributed by atoms with Crippen LogP contribution in [-0.2, 0) is 4.74 Å². The molecule has 0 aliphatic heterocycles. The summed E-state index contributed by atoms with van der Waals surface area (Å²) in [6.45, 7) is 3.73. The molecule has 0 spiro atoms. The zero-order chi connectivity index (χ0) is 11.1. The number of unbranched alkanes of at least 4 members (excludes halogenated alkanes) is 1. The van der Waals surface area contributed by atoms with Crippen LogP contribution in [0, 0.1) is 6.92 Å². The van der Waals surface area contributed by atoms with Crippen molar-refractivity contribution in [3.05, 3.63) is 17.8 Å². The third kappa shape index (κ3) is 4.16. The van der Waals surface area contributed by atoms with Gasteiger partial charge in [-0.15, -0.1) is 0 Å². The van der Waals surface area contributed by atoms with Crippen LogP contribution in [0.25, 0.3) is 0 Å². The zero-order valence-corrected chi connectivity index (χ0v) is 9.42. The van der Waals surface area contributed by atoms with Crippen molar-refractivity contribution in [2.24, 2.45) is 0 Å². The van der Waals surface area contributed by atoms with Crippen LogP contribution in [-0.4, -0.2) is 25.2 Å². The first-order valence-corrected chi connectivity index (χ1v) is 5.19. The molecule has 0 atom stereocenters. The summed E-state index contributed by atoms with van der Waals surface area (Å²) in [5, 5.41) is 3.28. The van der Waals surface area contributed by atoms with E-state index in [1.54, 1.807) is 13.3 Å². The van der Waals surface area contributed by atoms with E-state index in [0.717, 1.165) is 37.4 Å². The molecule has 0 radical (unpaired) electrons. The fraction of sp³-hybridized carbons (Fsp3) is 0.545. The number of nitrogen functional groups attached to an aromatic ring is 1. The Labute approximate surface area is 90.8 Å². The number of methoxy groups -OCH3 is 1. The molecule has 0 aliphatic carbocycles. The van der Waals surface area contributed by atoms with Crippen molar-refractivity contribution in [3.8, 4) is 0 Å². The molecule has 84 valence electrons. The number of nitrogens with zero attached hydrogens (tertiary/aromatic N) is 1. The Morgan fingerprint density at radius 1 is 1.47 bits per heavy atom. The molecule has 0 aliphatic rings. The third-order valence-corrected chi connectivity index (χ3v) is 2.17. The van der Waals surface area contributed by atoms with Crippen LogP contribution in [0.15, 0.2) is 12.3 Å². The normalized spacial score (nSPS) is 10.3. The maximum atomic E-state index is 5.62. The highest BCUT2D eigenvalue weighted by atomic mass is 16.5. The highest BCUT2D eigenvalue weighted by Crippen LogP contribution is 2.13. The molecule has 1 aromatic rings. The van der Waals surface area contributed by atoms with Crippen molar-refractivity contribution in [2.45, 2.75) is 19.8 Å². The monoisotopic (exact) mass is 209 g/mol. The van der Waals surface area contributed by atoms with E-state index >= 15 is 0 Å². The van der Waals surface area contributed by atoms with Crippen molar-refractivity contribution in [3.63, 3.8) is 0 Å². The fourth-order valence-electron chi connectivity index (χ4n) is 1.36. The van der Waals surface area contributed by atoms with Gasteiger partial charge in [0.1, 0.15) is 5.82 Å². The van der Waals surface area contributed by atoms with Crippen molar-refractivity contribution >= 4 is 11.5 Å². The van der Waals surface area contributed by atoms with E-state index in [9.17, 15) is 0 Å². The van der Waals surface area contributed by atoms with Gasteiger partial charge in [-0.3, -0.25) is 0 Å². The minimum absolute atomic E-state index is 0.706. The highest BCUT2D eigenvalue weighted by Gasteiger charge is 1.98. The van der Waals surface area contributed by atoms with Crippen LogP contribution in [0.2, 0.25) is 0 Å². The first-order chi connectivity index (χ1) is 7.24. The molecule has 15 heavy (non-hydrogen) atoms. The summed E-state index contributed by atoms with van der Waals surface area (Å²) in [4.78, 5) is 4.23. The number of aromatic nitrogens is 1. The van der Waals surface area contributed by atoms with Crippen LogP contribution in [0.4, 0.5) is 11.5 Å². The molecule has 4 heteroatoms. The van der Waals surface area contributed by atoms with E-state index in [1.807, 2.05) is 13.0 Å². The average molecular weight is 209 g/mol. The molecule has 1 rings (SSSR count). The van der Waals surface area contributed by atoms with E-state index in [-0.39, 0.29) is 0 Å². The summed E-state index contributed by atoms with van der Waals surface area (Å²) < 4.78 is 4.97. The Bertz CT molecular complexity index is 302. The van der Waals surface area contributed by atoms with Crippen LogP contribution in [0.1, 0.15) is 18.4 Å². The Morgan fingerprint density at radius 3 is 2.93 bits per heavy atom. The van der Waals surface area contributed by atoms with Crippen molar-refractivity contribution in [1.29, 1.82) is 0 Å². The molecule has 0 unspecified atom stereocenters. The van der Waals surface area contributed by atoms with Crippen molar-refractivity contribution < 1.29 is 4.74 Å². The Hall–Kier alpha value is -1.29. The van der Waals surface area contributed by atoms with Crippen molar-refractivity contribution in [1.82, 2.24) is 4.98 Å². The minimum atomic E-state index is 0.706. The lowest BCUT2D eigenvalue weighted by atomic mass is 10.2. The second-order valence-electron chi connectivity index (χ2n) is 3.56. The van der Waals surface area contributed by atoms with Gasteiger partial charge in [0.05, 0.1) is 11.9 Å². The predicted molar refractivity (Wildman–Crippen MR) is 63.0 cm³/mol. The molecule has 0 saturated carbocycles. The van der Waals surface area contributed by atoms with E-state index in [0.29, 0.717) is 5.69 Å². The number of pyridine rings is 1. The molecule has 0 bridgehead atoms. The first kappa shape index (κ1) is 11.8. The molecule has 1 heterocycles. The second kappa shape index (κ2) is 6.24. The zero-order valence-electron chi connectivity index (χ0n) is 9.42. The minimum Gasteiger partial charge on any atom is -0.397 e. The Morgan fingerprint density at radius 2 is 2.27 bits per heavy atom. The molecule has 3 N–H and O–H groups in total. The predicted octanol–water partition coefficient (Wildman–Crippen LogP) is 1.81. The van der Waals surface area contributed by atoms with Gasteiger partial charge in [0.15, 0.2) is 0 Å². The maximum Gasteiger partial charge on any atom is 0.128 e. The van der Waals surface area contributed by atoms with E-state index in [4.69, 9.17) is 10.5 Å². The fourth-order valence-corrected chi connectivity index (χ4v) is 1.36. The van der Waals surface area contributed by atoms with Gasteiger partial charge in [0.25, 0.3) is 0 Å². The molecular formula is C11H19N3O. The molecule has 4 nitrogen and oxygen atoms in total. The topological polar surface area (TPSA) is 60.2 Å². The lowest BCUT2D eigenvalue weighted by molar-refractivity contribution is 0.194. The van der Waals surface area contributed by atoms with Gasteiger partial charge < -0.3 is 15.8 Å². The highest BCUT2D eigenvalue weighted by molar-refractivity contribution is 5.50. The number of hydrogen-bond acceptors (Lipinski definition) is 4. The summed E-state index contributed by atoms with van der Waals surface area (Å²) in [5.41, 5.74) is 7.41. The van der Waals surface area contributed by atoms with Gasteiger partial charge in [0, 0.05) is 20.3 Å². The van der Waals surface area contributed by atoms with Crippen LogP contribution >= 0.6 is 0 Å². The average Bonchev–Trinajstić information content (AvgIpc) is 2.20. The Kier molecular flexibility index (Phi) is 4.90. The summed E-state index contributed by atoms with van der Waals surface area (Å²) in [7, 11) is 1.72. The third-order valence-electron chi connectivity index (χ3n) is 2.17. The quantitative estimate of drug-likeness (QED) is 0.701. The molecule has 1 aromatic heterocycles. The Balaban J connectivity index is 2.31. The van der Waals surface area contributed by atoms with Gasteiger partial charge in [-0.05, 0) is 31.4 Å². The largest absolute Gasteiger partial charge is 0.397 e. The SMILES string of the molecule is COCCCCNc1ncc(N)cc1C. The van der Waals surface area contributed by atoms with E-state index in [1.165, 1.54) is 0 Å². The summed E-state index contributed by atoms with van der Waals surface area (Å²) in [6, 6.07) is 1.92. The molecule has 0 fully saturated rings. The van der Waals surface area contributed by atoms with Crippen LogP contribution < -0.4 is 11.1 Å². The van der Waals surface area contributed by atoms with Gasteiger partial charge in [0.2, 0.25) is 0 Å². The van der Waals surface area contributed by atoms with Gasteiger partial charge in [-0.2, -0.15) is 0 Å². The molecular weight excluding hydrogens is 190 g/mol. The summed E-state index contributed by atoms with van der Waals surface area (Å²) >= 11 is 0. The van der Waals surface area contributed by atoms with E-state index in [2.05, 4.69) is 10.3 Å². The van der Waals surface area contributed by atoms with Crippen LogP contribution in [0.3, 0.4) is 0 Å². The molecule has 0 aromatic carbocycles. The number of rotatable bonds is 6. The van der Waals surface area contributed by atoms with Crippen molar-refractivity contribution in [2.75, 3.05) is 31.3 Å².